The summed E-state index contributed by atoms with van der Waals surface area (Å²) in [6.45, 7) is 13.2. The molecule has 0 radical (unpaired) electrons. The smallest absolute Gasteiger partial charge is 0.311 e. The van der Waals surface area contributed by atoms with Gasteiger partial charge in [-0.25, -0.2) is 0 Å². The van der Waals surface area contributed by atoms with E-state index in [2.05, 4.69) is 63.9 Å². The first-order valence-corrected chi connectivity index (χ1v) is 14.2. The molecule has 0 aromatic heterocycles. The average Bonchev–Trinajstić information content (AvgIpc) is 2.23. The molecule has 0 saturated heterocycles. The van der Waals surface area contributed by atoms with E-state index in [1.165, 1.54) is 10.8 Å². The van der Waals surface area contributed by atoms with Crippen molar-refractivity contribution in [3.63, 3.8) is 0 Å². The molecule has 0 aliphatic carbocycles. The average molecular weight is 299 g/mol. The second-order valence-corrected chi connectivity index (χ2v) is 16.1. The van der Waals surface area contributed by atoms with E-state index in [9.17, 15) is 0 Å². The van der Waals surface area contributed by atoms with Gasteiger partial charge in [0.25, 0.3) is 0 Å². The summed E-state index contributed by atoms with van der Waals surface area (Å²) in [4.78, 5) is 0. The molecule has 0 amide bonds. The molecule has 0 atom stereocenters. The van der Waals surface area contributed by atoms with Crippen LogP contribution in [-0.4, -0.2) is 26.6 Å². The third-order valence-corrected chi connectivity index (χ3v) is 11.4. The van der Waals surface area contributed by atoms with Gasteiger partial charge in [0, 0.05) is 0 Å². The number of hydrogen-bond donors (Lipinski definition) is 0. The number of hydrogen-bond acceptors (Lipinski definition) is 2. The van der Waals surface area contributed by atoms with Crippen LogP contribution in [-0.2, 0) is 14.7 Å². The molecule has 0 N–H and O–H groups in total. The van der Waals surface area contributed by atoms with Gasteiger partial charge in [0.2, 0.25) is 0 Å². The van der Waals surface area contributed by atoms with Gasteiger partial charge in [-0.2, -0.15) is 0 Å². The Morgan fingerprint density at radius 3 is 2.22 bits per heavy atom. The van der Waals surface area contributed by atoms with Crippen LogP contribution >= 0.6 is 0 Å². The third kappa shape index (κ3) is 5.62. The van der Waals surface area contributed by atoms with E-state index >= 15 is 0 Å². The van der Waals surface area contributed by atoms with Crippen molar-refractivity contribution in [2.45, 2.75) is 46.1 Å². The van der Waals surface area contributed by atoms with E-state index in [-0.39, 0.29) is 0 Å². The lowest BCUT2D eigenvalue weighted by Gasteiger charge is -2.31. The van der Waals surface area contributed by atoms with Crippen molar-refractivity contribution in [1.29, 1.82) is 0 Å². The van der Waals surface area contributed by atoms with Crippen LogP contribution < -0.4 is 5.19 Å². The van der Waals surface area contributed by atoms with E-state index in [1.54, 1.807) is 0 Å². The SMILES string of the molecule is CCc1ccccc1[SiH2]O[Si](C)(C)O[Si](C)(C)C. The van der Waals surface area contributed by atoms with E-state index in [1.807, 2.05) is 0 Å². The van der Waals surface area contributed by atoms with Gasteiger partial charge in [-0.15, -0.1) is 0 Å². The lowest BCUT2D eigenvalue weighted by atomic mass is 10.2. The Hall–Kier alpha value is -0.209. The summed E-state index contributed by atoms with van der Waals surface area (Å²) in [7, 11) is -4.09. The summed E-state index contributed by atoms with van der Waals surface area (Å²) in [6, 6.07) is 8.64. The highest BCUT2D eigenvalue weighted by molar-refractivity contribution is 6.83. The Morgan fingerprint density at radius 2 is 1.67 bits per heavy atom. The first-order valence-electron chi connectivity index (χ1n) is 6.64. The minimum Gasteiger partial charge on any atom is -0.438 e. The van der Waals surface area contributed by atoms with Gasteiger partial charge in [0.05, 0.1) is 0 Å². The Labute approximate surface area is 116 Å². The molecule has 0 aliphatic rings. The van der Waals surface area contributed by atoms with Gasteiger partial charge in [-0.3, -0.25) is 0 Å². The predicted octanol–water partition coefficient (Wildman–Crippen LogP) is 2.53. The lowest BCUT2D eigenvalue weighted by molar-refractivity contribution is 0.414. The molecule has 2 nitrogen and oxygen atoms in total. The maximum absolute atomic E-state index is 6.22. The predicted molar refractivity (Wildman–Crippen MR) is 87.0 cm³/mol. The molecule has 0 aliphatic heterocycles. The summed E-state index contributed by atoms with van der Waals surface area (Å²) in [5.74, 6) is 0. The maximum atomic E-state index is 6.22. The third-order valence-electron chi connectivity index (χ3n) is 2.63. The Bertz CT molecular complexity index is 386. The normalized spacial score (nSPS) is 13.4. The zero-order chi connectivity index (χ0) is 13.8. The molecule has 1 rings (SSSR count). The highest BCUT2D eigenvalue weighted by atomic mass is 28.5. The van der Waals surface area contributed by atoms with Crippen molar-refractivity contribution < 1.29 is 8.23 Å². The summed E-state index contributed by atoms with van der Waals surface area (Å²) >= 11 is 0. The fraction of sp³-hybridized carbons (Fsp3) is 0.538. The highest BCUT2D eigenvalue weighted by Crippen LogP contribution is 2.14. The maximum Gasteiger partial charge on any atom is 0.311 e. The van der Waals surface area contributed by atoms with Crippen molar-refractivity contribution in [2.75, 3.05) is 0 Å². The highest BCUT2D eigenvalue weighted by Gasteiger charge is 2.31. The molecule has 18 heavy (non-hydrogen) atoms. The summed E-state index contributed by atoms with van der Waals surface area (Å²) in [6.07, 6.45) is 1.09. The molecule has 0 heterocycles. The molecule has 0 spiro atoms. The van der Waals surface area contributed by atoms with E-state index in [0.717, 1.165) is 6.42 Å². The topological polar surface area (TPSA) is 18.5 Å². The monoisotopic (exact) mass is 298 g/mol. The largest absolute Gasteiger partial charge is 0.438 e. The van der Waals surface area contributed by atoms with Crippen molar-refractivity contribution in [3.05, 3.63) is 29.8 Å². The number of aryl methyl sites for hydroxylation is 1. The molecule has 102 valence electrons. The van der Waals surface area contributed by atoms with E-state index in [4.69, 9.17) is 8.23 Å². The minimum absolute atomic E-state index is 0.665. The quantitative estimate of drug-likeness (QED) is 0.752. The van der Waals surface area contributed by atoms with Crippen LogP contribution in [0.1, 0.15) is 12.5 Å². The molecule has 1 aromatic carbocycles. The second-order valence-electron chi connectivity index (χ2n) is 6.03. The molecule has 0 bridgehead atoms. The molecule has 0 saturated carbocycles. The van der Waals surface area contributed by atoms with Crippen LogP contribution in [0.25, 0.3) is 0 Å². The molecular weight excluding hydrogens is 272 g/mol. The zero-order valence-corrected chi connectivity index (χ0v) is 16.0. The van der Waals surface area contributed by atoms with Gasteiger partial charge in [0.15, 0.2) is 18.1 Å². The molecule has 1 aromatic rings. The molecule has 0 unspecified atom stereocenters. The fourth-order valence-corrected chi connectivity index (χ4v) is 11.5. The van der Waals surface area contributed by atoms with Crippen LogP contribution in [0.5, 0.6) is 0 Å². The number of rotatable bonds is 6. The van der Waals surface area contributed by atoms with Gasteiger partial charge in [-0.05, 0) is 49.9 Å². The van der Waals surface area contributed by atoms with Crippen LogP contribution in [0.15, 0.2) is 24.3 Å². The van der Waals surface area contributed by atoms with Crippen molar-refractivity contribution in [3.8, 4) is 0 Å². The number of benzene rings is 1. The molecule has 5 heteroatoms. The van der Waals surface area contributed by atoms with Crippen LogP contribution in [0, 0.1) is 0 Å². The molecular formula is C13H26O2Si3. The van der Waals surface area contributed by atoms with E-state index in [0.29, 0.717) is 0 Å². The van der Waals surface area contributed by atoms with Crippen LogP contribution in [0.4, 0.5) is 0 Å². The minimum atomic E-state index is -1.93. The Kier molecular flexibility index (Phi) is 5.54. The standard InChI is InChI=1S/C13H26O2Si3/c1-7-12-10-8-9-11-13(12)16-14-18(5,6)15-17(2,3)4/h8-11H,7,16H2,1-6H3. The summed E-state index contributed by atoms with van der Waals surface area (Å²) < 4.78 is 12.4. The van der Waals surface area contributed by atoms with Crippen molar-refractivity contribution in [2.24, 2.45) is 0 Å². The Balaban J connectivity index is 2.64. The van der Waals surface area contributed by atoms with Crippen molar-refractivity contribution in [1.82, 2.24) is 0 Å². The van der Waals surface area contributed by atoms with Gasteiger partial charge >= 0.3 is 8.56 Å². The van der Waals surface area contributed by atoms with Crippen LogP contribution in [0.2, 0.25) is 32.7 Å². The van der Waals surface area contributed by atoms with Gasteiger partial charge in [-0.1, -0.05) is 31.2 Å². The Morgan fingerprint density at radius 1 is 1.06 bits per heavy atom. The van der Waals surface area contributed by atoms with E-state index < -0.39 is 26.6 Å². The molecule has 0 fully saturated rings. The second kappa shape index (κ2) is 6.29. The summed E-state index contributed by atoms with van der Waals surface area (Å²) in [5, 5.41) is 1.43. The lowest BCUT2D eigenvalue weighted by Crippen LogP contribution is -2.47. The van der Waals surface area contributed by atoms with Gasteiger partial charge < -0.3 is 8.23 Å². The zero-order valence-electron chi connectivity index (χ0n) is 12.5. The van der Waals surface area contributed by atoms with Crippen molar-refractivity contribution >= 4 is 31.8 Å². The van der Waals surface area contributed by atoms with Gasteiger partial charge in [0.1, 0.15) is 0 Å². The fourth-order valence-electron chi connectivity index (χ4n) is 2.06. The van der Waals surface area contributed by atoms with Crippen LogP contribution in [0.3, 0.4) is 0 Å². The first kappa shape index (κ1) is 15.8. The summed E-state index contributed by atoms with van der Waals surface area (Å²) in [5.41, 5.74) is 1.43. The first-order chi connectivity index (χ1) is 8.23.